The third-order valence-electron chi connectivity index (χ3n) is 3.65. The summed E-state index contributed by atoms with van der Waals surface area (Å²) >= 11 is 5.74. The Morgan fingerprint density at radius 3 is 2.67 bits per heavy atom. The van der Waals surface area contributed by atoms with Gasteiger partial charge in [-0.05, 0) is 35.4 Å². The Hall–Kier alpha value is -1.91. The van der Waals surface area contributed by atoms with Crippen LogP contribution in [0, 0.1) is 5.82 Å². The van der Waals surface area contributed by atoms with E-state index in [1.165, 1.54) is 6.07 Å². The van der Waals surface area contributed by atoms with Crippen molar-refractivity contribution in [2.75, 3.05) is 0 Å². The van der Waals surface area contributed by atoms with Crippen molar-refractivity contribution in [3.05, 3.63) is 69.5 Å². The Balaban J connectivity index is 1.77. The standard InChI is InChI=1S/C16H13ClFNO2/c17-14-4-3-12(15(18)6-14)8-19-7-11-2-1-10(16(20)21)5-13(11)9-19/h1-6H,7-9H2,(H,20,21). The molecule has 0 atom stereocenters. The Kier molecular flexibility index (Phi) is 3.66. The summed E-state index contributed by atoms with van der Waals surface area (Å²) < 4.78 is 13.8. The van der Waals surface area contributed by atoms with Crippen molar-refractivity contribution in [3.8, 4) is 0 Å². The molecular weight excluding hydrogens is 293 g/mol. The maximum Gasteiger partial charge on any atom is 0.335 e. The van der Waals surface area contributed by atoms with Gasteiger partial charge >= 0.3 is 5.97 Å². The average Bonchev–Trinajstić information content (AvgIpc) is 2.83. The van der Waals surface area contributed by atoms with Crippen molar-refractivity contribution in [2.45, 2.75) is 19.6 Å². The SMILES string of the molecule is O=C(O)c1ccc2c(c1)CN(Cc1ccc(Cl)cc1F)C2. The number of halogens is 2. The Morgan fingerprint density at radius 1 is 1.19 bits per heavy atom. The molecule has 108 valence electrons. The Morgan fingerprint density at radius 2 is 1.95 bits per heavy atom. The normalized spacial score (nSPS) is 14.2. The lowest BCUT2D eigenvalue weighted by Gasteiger charge is -2.15. The molecule has 1 heterocycles. The molecule has 0 saturated carbocycles. The van der Waals surface area contributed by atoms with Crippen LogP contribution in [0.4, 0.5) is 4.39 Å². The van der Waals surface area contributed by atoms with E-state index in [4.69, 9.17) is 16.7 Å². The highest BCUT2D eigenvalue weighted by Crippen LogP contribution is 2.26. The fourth-order valence-electron chi connectivity index (χ4n) is 2.60. The van der Waals surface area contributed by atoms with E-state index in [0.29, 0.717) is 30.2 Å². The predicted molar refractivity (Wildman–Crippen MR) is 77.8 cm³/mol. The van der Waals surface area contributed by atoms with Gasteiger partial charge in [0, 0.05) is 30.2 Å². The van der Waals surface area contributed by atoms with Crippen molar-refractivity contribution in [3.63, 3.8) is 0 Å². The zero-order chi connectivity index (χ0) is 15.0. The fourth-order valence-corrected chi connectivity index (χ4v) is 2.76. The molecule has 0 bridgehead atoms. The highest BCUT2D eigenvalue weighted by atomic mass is 35.5. The van der Waals surface area contributed by atoms with Gasteiger partial charge in [0.2, 0.25) is 0 Å². The highest BCUT2D eigenvalue weighted by Gasteiger charge is 2.21. The first-order chi connectivity index (χ1) is 10.0. The van der Waals surface area contributed by atoms with Gasteiger partial charge in [0.1, 0.15) is 5.82 Å². The van der Waals surface area contributed by atoms with E-state index in [1.54, 1.807) is 24.3 Å². The number of carbonyl (C=O) groups is 1. The van der Waals surface area contributed by atoms with Crippen molar-refractivity contribution < 1.29 is 14.3 Å². The molecule has 0 aliphatic carbocycles. The minimum absolute atomic E-state index is 0.285. The largest absolute Gasteiger partial charge is 0.478 e. The van der Waals surface area contributed by atoms with Crippen LogP contribution < -0.4 is 0 Å². The summed E-state index contributed by atoms with van der Waals surface area (Å²) in [5, 5.41) is 9.39. The molecule has 3 nitrogen and oxygen atoms in total. The van der Waals surface area contributed by atoms with Crippen molar-refractivity contribution >= 4 is 17.6 Å². The van der Waals surface area contributed by atoms with Crippen LogP contribution in [0.15, 0.2) is 36.4 Å². The summed E-state index contributed by atoms with van der Waals surface area (Å²) in [6, 6.07) is 9.79. The van der Waals surface area contributed by atoms with Gasteiger partial charge in [-0.2, -0.15) is 0 Å². The summed E-state index contributed by atoms with van der Waals surface area (Å²) in [6.45, 7) is 1.79. The molecule has 1 N–H and O–H groups in total. The van der Waals surface area contributed by atoms with Gasteiger partial charge in [-0.1, -0.05) is 23.7 Å². The van der Waals surface area contributed by atoms with Gasteiger partial charge in [0.25, 0.3) is 0 Å². The second-order valence-electron chi connectivity index (χ2n) is 5.17. The summed E-state index contributed by atoms with van der Waals surface area (Å²) in [5.41, 5.74) is 2.96. The third kappa shape index (κ3) is 2.91. The number of carboxylic acids is 1. The molecule has 3 rings (SSSR count). The molecule has 21 heavy (non-hydrogen) atoms. The monoisotopic (exact) mass is 305 g/mol. The summed E-state index contributed by atoms with van der Waals surface area (Å²) in [4.78, 5) is 13.0. The molecular formula is C16H13ClFNO2. The van der Waals surface area contributed by atoms with Gasteiger partial charge in [0.05, 0.1) is 5.56 Å². The molecule has 0 amide bonds. The number of hydrogen-bond donors (Lipinski definition) is 1. The molecule has 0 aromatic heterocycles. The number of aromatic carboxylic acids is 1. The van der Waals surface area contributed by atoms with Crippen LogP contribution in [-0.4, -0.2) is 16.0 Å². The van der Waals surface area contributed by atoms with Crippen molar-refractivity contribution in [1.29, 1.82) is 0 Å². The summed E-state index contributed by atoms with van der Waals surface area (Å²) in [5.74, 6) is -1.25. The first-order valence-corrected chi connectivity index (χ1v) is 6.92. The Labute approximate surface area is 126 Å². The molecule has 0 spiro atoms. The number of nitrogens with zero attached hydrogens (tertiary/aromatic N) is 1. The first-order valence-electron chi connectivity index (χ1n) is 6.54. The van der Waals surface area contributed by atoms with Gasteiger partial charge in [-0.3, -0.25) is 4.90 Å². The quantitative estimate of drug-likeness (QED) is 0.940. The predicted octanol–water partition coefficient (Wildman–Crippen LogP) is 3.69. The van der Waals surface area contributed by atoms with Crippen LogP contribution in [0.5, 0.6) is 0 Å². The van der Waals surface area contributed by atoms with E-state index in [2.05, 4.69) is 4.90 Å². The van der Waals surface area contributed by atoms with Crippen LogP contribution in [-0.2, 0) is 19.6 Å². The van der Waals surface area contributed by atoms with Gasteiger partial charge in [0.15, 0.2) is 0 Å². The lowest BCUT2D eigenvalue weighted by molar-refractivity contribution is 0.0696. The van der Waals surface area contributed by atoms with E-state index in [-0.39, 0.29) is 11.4 Å². The molecule has 0 saturated heterocycles. The minimum Gasteiger partial charge on any atom is -0.478 e. The van der Waals surface area contributed by atoms with Crippen molar-refractivity contribution in [1.82, 2.24) is 4.90 Å². The van der Waals surface area contributed by atoms with Crippen LogP contribution in [0.1, 0.15) is 27.0 Å². The van der Waals surface area contributed by atoms with Gasteiger partial charge in [-0.25, -0.2) is 9.18 Å². The molecule has 0 fully saturated rings. The topological polar surface area (TPSA) is 40.5 Å². The van der Waals surface area contributed by atoms with Crippen LogP contribution >= 0.6 is 11.6 Å². The highest BCUT2D eigenvalue weighted by molar-refractivity contribution is 6.30. The second kappa shape index (κ2) is 5.47. The second-order valence-corrected chi connectivity index (χ2v) is 5.61. The Bertz CT molecular complexity index is 717. The maximum atomic E-state index is 13.8. The minimum atomic E-state index is -0.931. The van der Waals surface area contributed by atoms with E-state index < -0.39 is 5.97 Å². The van der Waals surface area contributed by atoms with E-state index >= 15 is 0 Å². The van der Waals surface area contributed by atoms with Crippen molar-refractivity contribution in [2.24, 2.45) is 0 Å². The number of carboxylic acid groups (broad SMARTS) is 1. The molecule has 1 aliphatic rings. The average molecular weight is 306 g/mol. The number of benzene rings is 2. The smallest absolute Gasteiger partial charge is 0.335 e. The summed E-state index contributed by atoms with van der Waals surface area (Å²) in [7, 11) is 0. The van der Waals surface area contributed by atoms with E-state index in [1.807, 2.05) is 6.07 Å². The van der Waals surface area contributed by atoms with E-state index in [9.17, 15) is 9.18 Å². The fraction of sp³-hybridized carbons (Fsp3) is 0.188. The molecule has 5 heteroatoms. The molecule has 2 aromatic rings. The van der Waals surface area contributed by atoms with Crippen LogP contribution in [0.2, 0.25) is 5.02 Å². The van der Waals surface area contributed by atoms with E-state index in [0.717, 1.165) is 11.1 Å². The van der Waals surface area contributed by atoms with Crippen LogP contribution in [0.3, 0.4) is 0 Å². The lowest BCUT2D eigenvalue weighted by Crippen LogP contribution is -2.16. The number of rotatable bonds is 3. The first kappa shape index (κ1) is 14.0. The molecule has 2 aromatic carbocycles. The third-order valence-corrected chi connectivity index (χ3v) is 3.89. The lowest BCUT2D eigenvalue weighted by atomic mass is 10.1. The number of hydrogen-bond acceptors (Lipinski definition) is 2. The summed E-state index contributed by atoms with van der Waals surface area (Å²) in [6.07, 6.45) is 0. The van der Waals surface area contributed by atoms with Crippen LogP contribution in [0.25, 0.3) is 0 Å². The molecule has 1 aliphatic heterocycles. The van der Waals surface area contributed by atoms with Gasteiger partial charge in [-0.15, -0.1) is 0 Å². The zero-order valence-corrected chi connectivity index (χ0v) is 11.9. The van der Waals surface area contributed by atoms with Gasteiger partial charge < -0.3 is 5.11 Å². The zero-order valence-electron chi connectivity index (χ0n) is 11.1. The molecule has 0 unspecified atom stereocenters. The number of fused-ring (bicyclic) bond motifs is 1. The maximum absolute atomic E-state index is 13.8. The molecule has 0 radical (unpaired) electrons.